The number of likely N-dealkylation sites (tertiary alicyclic amines) is 1. The monoisotopic (exact) mass is 1000 g/mol. The molecule has 1 unspecified atom stereocenters. The number of aliphatic hydroxyl groups is 1. The first kappa shape index (κ1) is 52.6. The van der Waals surface area contributed by atoms with E-state index in [0.717, 1.165) is 27.3 Å². The average Bonchev–Trinajstić information content (AvgIpc) is 3.96. The number of carbonyl (C=O) groups excluding carboxylic acids is 4. The molecule has 374 valence electrons. The second kappa shape index (κ2) is 22.0. The minimum Gasteiger partial charge on any atom is -0.494 e. The van der Waals surface area contributed by atoms with Gasteiger partial charge in [-0.1, -0.05) is 103 Å². The largest absolute Gasteiger partial charge is 0.494 e. The lowest BCUT2D eigenvalue weighted by molar-refractivity contribution is -0.164. The fraction of sp³-hybridized carbons (Fsp3) is 0.429. The number of nitrogens with one attached hydrogen (secondary N) is 2. The molecular weight excluding hydrogens is 938 g/mol. The Hall–Kier alpha value is -6.27. The van der Waals surface area contributed by atoms with Crippen LogP contribution in [0.2, 0.25) is 5.02 Å². The highest BCUT2D eigenvalue weighted by Gasteiger charge is 2.64. The molecule has 0 spiro atoms. The molecule has 15 heteroatoms. The van der Waals surface area contributed by atoms with Crippen molar-refractivity contribution >= 4 is 46.4 Å². The number of nitriles is 1. The van der Waals surface area contributed by atoms with Gasteiger partial charge < -0.3 is 34.9 Å². The summed E-state index contributed by atoms with van der Waals surface area (Å²) < 4.78 is 18.5. The third-order valence-electron chi connectivity index (χ3n) is 13.8. The van der Waals surface area contributed by atoms with Crippen LogP contribution >= 0.6 is 22.9 Å². The van der Waals surface area contributed by atoms with Crippen molar-refractivity contribution < 1.29 is 38.5 Å². The first-order chi connectivity index (χ1) is 33.7. The number of β-amino-alcohol motifs (C(OH)–C–C–N with tert-alkyl or cyclic N) is 1. The summed E-state index contributed by atoms with van der Waals surface area (Å²) in [5, 5.41) is 26.4. The molecule has 71 heavy (non-hydrogen) atoms. The van der Waals surface area contributed by atoms with Gasteiger partial charge in [-0.3, -0.25) is 19.2 Å². The van der Waals surface area contributed by atoms with Crippen molar-refractivity contribution in [1.29, 1.82) is 5.26 Å². The molecule has 0 bridgehead atoms. The number of aromatic nitrogens is 1. The van der Waals surface area contributed by atoms with Crippen molar-refractivity contribution in [3.05, 3.63) is 129 Å². The number of aryl methyl sites for hydroxylation is 2. The maximum absolute atomic E-state index is 14.2. The van der Waals surface area contributed by atoms with Gasteiger partial charge in [0.2, 0.25) is 11.8 Å². The zero-order chi connectivity index (χ0) is 51.3. The van der Waals surface area contributed by atoms with E-state index in [1.807, 2.05) is 81.7 Å². The average molecular weight is 1000 g/mol. The highest BCUT2D eigenvalue weighted by Crippen LogP contribution is 2.55. The van der Waals surface area contributed by atoms with Crippen LogP contribution in [-0.4, -0.2) is 82.5 Å². The Labute approximate surface area is 425 Å². The van der Waals surface area contributed by atoms with Crippen LogP contribution in [0.5, 0.6) is 17.2 Å². The molecule has 0 radical (unpaired) electrons. The van der Waals surface area contributed by atoms with Gasteiger partial charge >= 0.3 is 0 Å². The number of Topliss-reactive ketones (excluding diaryl/α,β-unsaturated/α-hetero) is 1. The molecule has 3 N–H and O–H groups in total. The molecule has 13 nitrogen and oxygen atoms in total. The van der Waals surface area contributed by atoms with Crippen LogP contribution in [0.3, 0.4) is 0 Å². The SMILES string of the molecule is Cc1ncsc1-c1ccc(CNC(=O)[C@@H]2C[C@@H](O)CN2C(=O)C(CC(=O)COc2ccccc2CCCOc2ccc(C(=O)N[C@H]3C(C)(C)[C@H](Oc4ccc(C#N)c(Cl)c4)C3(C)C)cc2)C(C)(C)C)cc1. The van der Waals surface area contributed by atoms with Crippen molar-refractivity contribution in [2.45, 2.75) is 112 Å². The van der Waals surface area contributed by atoms with E-state index in [1.54, 1.807) is 53.8 Å². The molecule has 2 aliphatic rings. The van der Waals surface area contributed by atoms with Gasteiger partial charge in [-0.05, 0) is 84.3 Å². The lowest BCUT2D eigenvalue weighted by atomic mass is 9.49. The van der Waals surface area contributed by atoms with Crippen molar-refractivity contribution in [3.63, 3.8) is 0 Å². The predicted molar refractivity (Wildman–Crippen MR) is 274 cm³/mol. The fourth-order valence-corrected chi connectivity index (χ4v) is 11.2. The lowest BCUT2D eigenvalue weighted by Crippen LogP contribution is -2.74. The highest BCUT2D eigenvalue weighted by atomic mass is 35.5. The number of nitrogens with zero attached hydrogens (tertiary/aromatic N) is 3. The normalized spacial score (nSPS) is 19.4. The summed E-state index contributed by atoms with van der Waals surface area (Å²) in [5.41, 5.74) is 5.09. The standard InChI is InChI=1S/C56H64ClN5O8S/c1-34-48(71-33-60-34)37-17-15-35(16-18-37)30-59-50(66)46-27-40(63)31-62(46)51(67)44(54(2,3)4)26-41(64)32-69-47-14-10-9-12-36(47)13-11-25-68-42-22-19-38(20-23-42)49(65)61-52-55(5,6)53(56(52,7)8)70-43-24-21-39(29-58)45(57)28-43/h9-10,12,14-24,28,33,40,44,46,52-53,63H,11,13,25-27,30-32H2,1-8H3,(H,59,66)(H,61,65)/t40-,44?,46+,52-,53-/m1/s1. The molecule has 5 aromatic rings. The van der Waals surface area contributed by atoms with Crippen molar-refractivity contribution in [2.75, 3.05) is 19.8 Å². The number of benzene rings is 4. The number of ketones is 1. The molecule has 2 fully saturated rings. The van der Waals surface area contributed by atoms with Crippen LogP contribution in [0.1, 0.15) is 100 Å². The van der Waals surface area contributed by atoms with E-state index in [1.165, 1.54) is 4.90 Å². The third-order valence-corrected chi connectivity index (χ3v) is 15.1. The van der Waals surface area contributed by atoms with Gasteiger partial charge in [0.05, 0.1) is 45.3 Å². The summed E-state index contributed by atoms with van der Waals surface area (Å²) in [4.78, 5) is 61.7. The Morgan fingerprint density at radius 1 is 0.958 bits per heavy atom. The van der Waals surface area contributed by atoms with Gasteiger partial charge in [0.15, 0.2) is 5.78 Å². The lowest BCUT2D eigenvalue weighted by Gasteiger charge is -2.63. The topological polar surface area (TPSA) is 180 Å². The van der Waals surface area contributed by atoms with Gasteiger partial charge in [0, 0.05) is 54.4 Å². The second-order valence-electron chi connectivity index (χ2n) is 20.9. The maximum atomic E-state index is 14.2. The van der Waals surface area contributed by atoms with Gasteiger partial charge in [0.25, 0.3) is 5.91 Å². The van der Waals surface area contributed by atoms with Crippen LogP contribution in [0, 0.1) is 40.4 Å². The van der Waals surface area contributed by atoms with E-state index in [9.17, 15) is 29.5 Å². The summed E-state index contributed by atoms with van der Waals surface area (Å²) >= 11 is 7.83. The van der Waals surface area contributed by atoms with E-state index in [2.05, 4.69) is 49.4 Å². The molecule has 1 saturated carbocycles. The van der Waals surface area contributed by atoms with Gasteiger partial charge in [0.1, 0.15) is 42.1 Å². The Morgan fingerprint density at radius 2 is 1.65 bits per heavy atom. The summed E-state index contributed by atoms with van der Waals surface area (Å²) in [6.07, 6.45) is 0.198. The van der Waals surface area contributed by atoms with E-state index in [4.69, 9.17) is 25.8 Å². The number of amides is 3. The number of aliphatic hydroxyl groups excluding tert-OH is 1. The highest BCUT2D eigenvalue weighted by molar-refractivity contribution is 7.13. The maximum Gasteiger partial charge on any atom is 0.251 e. The van der Waals surface area contributed by atoms with Crippen LogP contribution < -0.4 is 24.8 Å². The van der Waals surface area contributed by atoms with Gasteiger partial charge in [-0.25, -0.2) is 4.98 Å². The molecule has 3 amide bonds. The van der Waals surface area contributed by atoms with Crippen molar-refractivity contribution in [3.8, 4) is 33.8 Å². The minimum atomic E-state index is -0.868. The number of hydrogen-bond acceptors (Lipinski definition) is 11. The van der Waals surface area contributed by atoms with E-state index in [0.29, 0.717) is 52.8 Å². The second-order valence-corrected chi connectivity index (χ2v) is 22.2. The molecule has 7 rings (SSSR count). The number of rotatable bonds is 19. The summed E-state index contributed by atoms with van der Waals surface area (Å²) in [6.45, 7) is 16.3. The zero-order valence-corrected chi connectivity index (χ0v) is 43.3. The molecule has 1 saturated heterocycles. The first-order valence-corrected chi connectivity index (χ1v) is 25.3. The van der Waals surface area contributed by atoms with Crippen LogP contribution in [-0.2, 0) is 27.3 Å². The number of thiazole rings is 1. The smallest absolute Gasteiger partial charge is 0.251 e. The summed E-state index contributed by atoms with van der Waals surface area (Å²) in [7, 11) is 0. The molecule has 1 aliphatic carbocycles. The van der Waals surface area contributed by atoms with Gasteiger partial charge in [-0.2, -0.15) is 5.26 Å². The number of carbonyl (C=O) groups is 4. The van der Waals surface area contributed by atoms with Crippen LogP contribution in [0.4, 0.5) is 0 Å². The van der Waals surface area contributed by atoms with E-state index < -0.39 is 34.3 Å². The van der Waals surface area contributed by atoms with E-state index >= 15 is 0 Å². The summed E-state index contributed by atoms with van der Waals surface area (Å²) in [5.74, 6) is -0.150. The first-order valence-electron chi connectivity index (χ1n) is 24.1. The molecule has 4 aromatic carbocycles. The Kier molecular flexibility index (Phi) is 16.3. The molecule has 1 aromatic heterocycles. The van der Waals surface area contributed by atoms with E-state index in [-0.39, 0.29) is 68.2 Å². The predicted octanol–water partition coefficient (Wildman–Crippen LogP) is 9.55. The zero-order valence-electron chi connectivity index (χ0n) is 41.7. The van der Waals surface area contributed by atoms with Crippen LogP contribution in [0.15, 0.2) is 96.5 Å². The number of hydrogen-bond donors (Lipinski definition) is 3. The Balaban J connectivity index is 0.863. The number of para-hydroxylation sites is 1. The van der Waals surface area contributed by atoms with Crippen molar-refractivity contribution in [1.82, 2.24) is 20.5 Å². The van der Waals surface area contributed by atoms with Crippen molar-refractivity contribution in [2.24, 2.45) is 22.2 Å². The molecule has 1 aliphatic heterocycles. The number of halogens is 1. The number of ether oxygens (including phenoxy) is 3. The Morgan fingerprint density at radius 3 is 2.30 bits per heavy atom. The summed E-state index contributed by atoms with van der Waals surface area (Å²) in [6, 6.07) is 28.5. The minimum absolute atomic E-state index is 0.00653. The quantitative estimate of drug-likeness (QED) is 0.0675. The molecule has 3 atom stereocenters. The van der Waals surface area contributed by atoms with Gasteiger partial charge in [-0.15, -0.1) is 11.3 Å². The molecule has 2 heterocycles. The third kappa shape index (κ3) is 12.3. The molecular formula is C56H64ClN5O8S. The van der Waals surface area contributed by atoms with Crippen LogP contribution in [0.25, 0.3) is 10.4 Å². The fourth-order valence-electron chi connectivity index (χ4n) is 10.2. The Bertz CT molecular complexity index is 2740.